The van der Waals surface area contributed by atoms with Crippen molar-refractivity contribution in [2.45, 2.75) is 50.8 Å². The van der Waals surface area contributed by atoms with Gasteiger partial charge in [-0.2, -0.15) is 4.98 Å². The van der Waals surface area contributed by atoms with E-state index in [9.17, 15) is 4.79 Å². The number of carbonyl (C=O) groups is 1. The van der Waals surface area contributed by atoms with Crippen LogP contribution in [-0.2, 0) is 15.3 Å². The highest BCUT2D eigenvalue weighted by molar-refractivity contribution is 7.98. The van der Waals surface area contributed by atoms with Crippen LogP contribution in [0.25, 0.3) is 0 Å². The van der Waals surface area contributed by atoms with E-state index in [1.165, 1.54) is 11.8 Å². The van der Waals surface area contributed by atoms with Gasteiger partial charge in [0, 0.05) is 21.3 Å². The Morgan fingerprint density at radius 3 is 2.77 bits per heavy atom. The van der Waals surface area contributed by atoms with Crippen molar-refractivity contribution >= 4 is 46.6 Å². The average molecular weight is 475 g/mol. The molecule has 1 N–H and O–H groups in total. The van der Waals surface area contributed by atoms with Crippen LogP contribution in [0.15, 0.2) is 52.1 Å². The Morgan fingerprint density at radius 1 is 1.32 bits per heavy atom. The number of aromatic nitrogens is 3. The lowest BCUT2D eigenvalue weighted by molar-refractivity contribution is -0.143. The van der Waals surface area contributed by atoms with E-state index in [0.29, 0.717) is 22.4 Å². The fourth-order valence-corrected chi connectivity index (χ4v) is 5.53. The van der Waals surface area contributed by atoms with E-state index in [-0.39, 0.29) is 18.1 Å². The van der Waals surface area contributed by atoms with Crippen molar-refractivity contribution in [3.05, 3.63) is 68.0 Å². The maximum atomic E-state index is 13.0. The normalized spacial score (nSPS) is 15.7. The number of benzene rings is 1. The summed E-state index contributed by atoms with van der Waals surface area (Å²) in [7, 11) is 0. The van der Waals surface area contributed by atoms with Crippen molar-refractivity contribution in [2.24, 2.45) is 0 Å². The number of fused-ring (bicyclic) bond motifs is 1. The molecular weight excluding hydrogens is 452 g/mol. The molecule has 2 aromatic heterocycles. The van der Waals surface area contributed by atoms with Gasteiger partial charge in [-0.15, -0.1) is 16.4 Å². The van der Waals surface area contributed by atoms with Crippen LogP contribution in [0.5, 0.6) is 0 Å². The molecule has 0 radical (unpaired) electrons. The Kier molecular flexibility index (Phi) is 6.41. The molecule has 31 heavy (non-hydrogen) atoms. The summed E-state index contributed by atoms with van der Waals surface area (Å²) in [6, 6.07) is 9.41. The van der Waals surface area contributed by atoms with Crippen LogP contribution < -0.4 is 5.32 Å². The first-order chi connectivity index (χ1) is 14.8. The van der Waals surface area contributed by atoms with Crippen molar-refractivity contribution in [1.29, 1.82) is 0 Å². The monoisotopic (exact) mass is 474 g/mol. The summed E-state index contributed by atoms with van der Waals surface area (Å²) in [6.45, 7) is 7.61. The number of carbonyl (C=O) groups excluding carboxylic acids is 1. The molecule has 3 heterocycles. The molecular formula is C22H23ClN4O2S2. The van der Waals surface area contributed by atoms with Crippen molar-refractivity contribution < 1.29 is 9.53 Å². The van der Waals surface area contributed by atoms with Crippen LogP contribution in [0.1, 0.15) is 42.8 Å². The van der Waals surface area contributed by atoms with Gasteiger partial charge < -0.3 is 10.1 Å². The smallest absolute Gasteiger partial charge is 0.338 e. The third kappa shape index (κ3) is 4.51. The second-order valence-electron chi connectivity index (χ2n) is 7.53. The van der Waals surface area contributed by atoms with Crippen molar-refractivity contribution in [3.8, 4) is 0 Å². The van der Waals surface area contributed by atoms with Gasteiger partial charge in [-0.1, -0.05) is 41.6 Å². The quantitative estimate of drug-likeness (QED) is 0.358. The highest BCUT2D eigenvalue weighted by Crippen LogP contribution is 2.40. The first-order valence-electron chi connectivity index (χ1n) is 9.90. The third-order valence-electron chi connectivity index (χ3n) is 4.86. The zero-order valence-electron chi connectivity index (χ0n) is 17.7. The van der Waals surface area contributed by atoms with Crippen LogP contribution in [-0.4, -0.2) is 26.8 Å². The largest absolute Gasteiger partial charge is 0.459 e. The van der Waals surface area contributed by atoms with Crippen molar-refractivity contribution in [3.63, 3.8) is 0 Å². The summed E-state index contributed by atoms with van der Waals surface area (Å²) in [6.07, 6.45) is -0.211. The summed E-state index contributed by atoms with van der Waals surface area (Å²) < 4.78 is 7.34. The number of hydrogen-bond acceptors (Lipinski definition) is 7. The number of aryl methyl sites for hydroxylation is 1. The molecule has 1 unspecified atom stereocenters. The molecule has 9 heteroatoms. The summed E-state index contributed by atoms with van der Waals surface area (Å²) in [5, 5.41) is 11.4. The first-order valence-corrected chi connectivity index (χ1v) is 12.1. The van der Waals surface area contributed by atoms with Crippen molar-refractivity contribution in [1.82, 2.24) is 14.8 Å². The van der Waals surface area contributed by atoms with Gasteiger partial charge in [-0.25, -0.2) is 9.48 Å². The van der Waals surface area contributed by atoms with Gasteiger partial charge >= 0.3 is 5.97 Å². The Morgan fingerprint density at radius 2 is 2.10 bits per heavy atom. The highest BCUT2D eigenvalue weighted by atomic mass is 35.5. The number of nitrogens with one attached hydrogen (secondary N) is 1. The second-order valence-corrected chi connectivity index (χ2v) is 9.83. The van der Waals surface area contributed by atoms with Crippen LogP contribution in [0.4, 0.5) is 5.95 Å². The SMILES string of the molecule is CC1=C(C(=O)OC(C)C)C(c2sccc2C)n2nc(SCc3ccccc3Cl)nc2N1. The van der Waals surface area contributed by atoms with E-state index < -0.39 is 0 Å². The van der Waals surface area contributed by atoms with E-state index in [1.807, 2.05) is 63.4 Å². The van der Waals surface area contributed by atoms with Gasteiger partial charge in [0.25, 0.3) is 0 Å². The maximum absolute atomic E-state index is 13.0. The van der Waals surface area contributed by atoms with Gasteiger partial charge in [-0.05, 0) is 56.3 Å². The van der Waals surface area contributed by atoms with E-state index in [2.05, 4.69) is 10.3 Å². The minimum atomic E-state index is -0.385. The van der Waals surface area contributed by atoms with Gasteiger partial charge in [-0.3, -0.25) is 0 Å². The molecule has 1 aromatic carbocycles. The Labute approximate surface area is 194 Å². The molecule has 162 valence electrons. The Balaban J connectivity index is 1.69. The van der Waals surface area contributed by atoms with E-state index in [0.717, 1.165) is 26.7 Å². The molecule has 0 bridgehead atoms. The number of allylic oxidation sites excluding steroid dienone is 1. The molecule has 0 spiro atoms. The predicted octanol–water partition coefficient (Wildman–Crippen LogP) is 5.83. The summed E-state index contributed by atoms with van der Waals surface area (Å²) in [5.41, 5.74) is 3.41. The molecule has 0 aliphatic carbocycles. The lowest BCUT2D eigenvalue weighted by Crippen LogP contribution is -2.30. The fraction of sp³-hybridized carbons (Fsp3) is 0.318. The summed E-state index contributed by atoms with van der Waals surface area (Å²) in [4.78, 5) is 18.7. The molecule has 1 aliphatic rings. The molecule has 0 fully saturated rings. The number of rotatable bonds is 6. The molecule has 4 rings (SSSR count). The number of nitrogens with zero attached hydrogens (tertiary/aromatic N) is 3. The van der Waals surface area contributed by atoms with Crippen LogP contribution >= 0.6 is 34.7 Å². The summed E-state index contributed by atoms with van der Waals surface area (Å²) >= 11 is 9.39. The number of ether oxygens (including phenoxy) is 1. The molecule has 1 aliphatic heterocycles. The van der Waals surface area contributed by atoms with Crippen LogP contribution in [0, 0.1) is 6.92 Å². The molecule has 0 amide bonds. The topological polar surface area (TPSA) is 69.0 Å². The minimum absolute atomic E-state index is 0.211. The Hall–Kier alpha value is -2.29. The first kappa shape index (κ1) is 21.9. The zero-order chi connectivity index (χ0) is 22.1. The van der Waals surface area contributed by atoms with E-state index in [4.69, 9.17) is 21.4 Å². The molecule has 0 saturated heterocycles. The number of anilines is 1. The van der Waals surface area contributed by atoms with E-state index in [1.54, 1.807) is 16.0 Å². The number of hydrogen-bond donors (Lipinski definition) is 1. The molecule has 0 saturated carbocycles. The lowest BCUT2D eigenvalue weighted by atomic mass is 10.00. The van der Waals surface area contributed by atoms with Gasteiger partial charge in [0.05, 0.1) is 11.7 Å². The second kappa shape index (κ2) is 9.06. The molecule has 6 nitrogen and oxygen atoms in total. The van der Waals surface area contributed by atoms with E-state index >= 15 is 0 Å². The number of halogens is 1. The number of thioether (sulfide) groups is 1. The molecule has 3 aromatic rings. The standard InChI is InChI=1S/C22H23ClN4O2S2/c1-12(2)29-20(28)17-14(4)24-21-25-22(31-11-15-7-5-6-8-16(15)23)26-27(21)18(17)19-13(3)9-10-30-19/h5-10,12,18H,11H2,1-4H3,(H,24,25,26). The third-order valence-corrected chi connectivity index (χ3v) is 7.19. The van der Waals surface area contributed by atoms with Gasteiger partial charge in [0.15, 0.2) is 0 Å². The average Bonchev–Trinajstić information content (AvgIpc) is 3.31. The molecule has 1 atom stereocenters. The number of thiophene rings is 1. The van der Waals surface area contributed by atoms with Crippen LogP contribution in [0.2, 0.25) is 5.02 Å². The predicted molar refractivity (Wildman–Crippen MR) is 126 cm³/mol. The Bertz CT molecular complexity index is 1150. The fourth-order valence-electron chi connectivity index (χ4n) is 3.40. The number of esters is 1. The maximum Gasteiger partial charge on any atom is 0.338 e. The van der Waals surface area contributed by atoms with Gasteiger partial charge in [0.2, 0.25) is 11.1 Å². The zero-order valence-corrected chi connectivity index (χ0v) is 20.1. The highest BCUT2D eigenvalue weighted by Gasteiger charge is 2.37. The van der Waals surface area contributed by atoms with Crippen molar-refractivity contribution in [2.75, 3.05) is 5.32 Å². The van der Waals surface area contributed by atoms with Crippen LogP contribution in [0.3, 0.4) is 0 Å². The summed E-state index contributed by atoms with van der Waals surface area (Å²) in [5.74, 6) is 0.919. The lowest BCUT2D eigenvalue weighted by Gasteiger charge is -2.28. The van der Waals surface area contributed by atoms with Gasteiger partial charge in [0.1, 0.15) is 6.04 Å². The minimum Gasteiger partial charge on any atom is -0.459 e.